The molecule has 5 aromatic rings. The quantitative estimate of drug-likeness (QED) is 0.194. The summed E-state index contributed by atoms with van der Waals surface area (Å²) in [6, 6.07) is 16.7. The van der Waals surface area contributed by atoms with Crippen LogP contribution in [0.3, 0.4) is 0 Å². The molecule has 0 aliphatic heterocycles. The molecule has 0 aliphatic carbocycles. The Hall–Kier alpha value is -4.71. The number of H-pyrrole nitrogens is 2. The van der Waals surface area contributed by atoms with Crippen molar-refractivity contribution in [2.45, 2.75) is 20.3 Å². The lowest BCUT2D eigenvalue weighted by molar-refractivity contribution is 0.628. The Kier molecular flexibility index (Phi) is 6.56. The highest BCUT2D eigenvalue weighted by Gasteiger charge is 2.15. The second-order valence-corrected chi connectivity index (χ2v) is 8.78. The molecule has 0 fully saturated rings. The summed E-state index contributed by atoms with van der Waals surface area (Å²) in [5, 5.41) is 13.0. The Balaban J connectivity index is 1.58. The van der Waals surface area contributed by atoms with Gasteiger partial charge < -0.3 is 10.3 Å². The molecule has 0 spiro atoms. The maximum atomic E-state index is 13.9. The fourth-order valence-electron chi connectivity index (χ4n) is 4.39. The third-order valence-electron chi connectivity index (χ3n) is 6.39. The second kappa shape index (κ2) is 10.1. The third-order valence-corrected chi connectivity index (χ3v) is 6.39. The van der Waals surface area contributed by atoms with Gasteiger partial charge in [-0.25, -0.2) is 4.39 Å². The minimum atomic E-state index is -0.291. The lowest BCUT2D eigenvalue weighted by Crippen LogP contribution is -2.09. The topological polar surface area (TPSA) is 69.4 Å². The van der Waals surface area contributed by atoms with Crippen LogP contribution in [-0.2, 0) is 0 Å². The van der Waals surface area contributed by atoms with Gasteiger partial charge in [0.25, 0.3) is 0 Å². The summed E-state index contributed by atoms with van der Waals surface area (Å²) >= 11 is 0. The predicted octanol–water partition coefficient (Wildman–Crippen LogP) is 7.90. The second-order valence-electron chi connectivity index (χ2n) is 8.78. The molecule has 3 N–H and O–H groups in total. The Morgan fingerprint density at radius 3 is 2.65 bits per heavy atom. The highest BCUT2D eigenvalue weighted by molar-refractivity contribution is 6.00. The molecule has 0 bridgehead atoms. The van der Waals surface area contributed by atoms with Gasteiger partial charge in [0.2, 0.25) is 0 Å². The molecular weight excluding hydrogens is 461 g/mol. The molecule has 184 valence electrons. The average Bonchev–Trinajstić information content (AvgIpc) is 3.54. The van der Waals surface area contributed by atoms with E-state index in [9.17, 15) is 4.39 Å². The summed E-state index contributed by atoms with van der Waals surface area (Å²) in [6.07, 6.45) is 8.49. The molecule has 37 heavy (non-hydrogen) atoms. The fraction of sp³-hybridized carbons (Fsp3) is 0.0968. The highest BCUT2D eigenvalue weighted by Crippen LogP contribution is 2.34. The van der Waals surface area contributed by atoms with Crippen LogP contribution in [0.1, 0.15) is 25.8 Å². The number of aromatic amines is 2. The zero-order valence-corrected chi connectivity index (χ0v) is 20.9. The van der Waals surface area contributed by atoms with Crippen molar-refractivity contribution in [2.24, 2.45) is 0 Å². The SMILES string of the molecule is C=C/C(=C\C(=C/C)c1ccc2[nH]nc(-c3cc4c(-c5cccc(F)c5)nccc4[nH]3)c2c1)NC(=C)CC. The van der Waals surface area contributed by atoms with Crippen LogP contribution < -0.4 is 5.32 Å². The van der Waals surface area contributed by atoms with Crippen molar-refractivity contribution >= 4 is 27.4 Å². The Morgan fingerprint density at radius 2 is 1.89 bits per heavy atom. The van der Waals surface area contributed by atoms with E-state index in [1.807, 2.05) is 31.2 Å². The molecule has 3 aromatic heterocycles. The van der Waals surface area contributed by atoms with Crippen molar-refractivity contribution in [2.75, 3.05) is 0 Å². The van der Waals surface area contributed by atoms with E-state index in [-0.39, 0.29) is 5.82 Å². The number of pyridine rings is 1. The summed E-state index contributed by atoms with van der Waals surface area (Å²) < 4.78 is 13.9. The lowest BCUT2D eigenvalue weighted by atomic mass is 10.0. The fourth-order valence-corrected chi connectivity index (χ4v) is 4.39. The van der Waals surface area contributed by atoms with Gasteiger partial charge in [-0.15, -0.1) is 0 Å². The van der Waals surface area contributed by atoms with Crippen LogP contribution in [0.5, 0.6) is 0 Å². The van der Waals surface area contributed by atoms with E-state index in [0.29, 0.717) is 0 Å². The number of rotatable bonds is 8. The standard InChI is InChI=1S/C31H28FN5/c1-5-19(4)34-24(7-3)16-20(6-2)21-11-12-28-25(17-21)31(37-36-28)29-18-26-27(35-29)13-14-33-30(26)22-9-8-10-23(32)15-22/h6-18,34-35H,3-5H2,1-2H3,(H,36,37)/b20-6+,24-16+. The number of halogens is 1. The highest BCUT2D eigenvalue weighted by atomic mass is 19.1. The number of nitrogens with one attached hydrogen (secondary N) is 3. The Morgan fingerprint density at radius 1 is 1.05 bits per heavy atom. The molecule has 0 saturated heterocycles. The van der Waals surface area contributed by atoms with E-state index in [4.69, 9.17) is 0 Å². The van der Waals surface area contributed by atoms with E-state index in [1.54, 1.807) is 18.3 Å². The van der Waals surface area contributed by atoms with Crippen LogP contribution in [0, 0.1) is 5.82 Å². The van der Waals surface area contributed by atoms with Gasteiger partial charge in [-0.05, 0) is 73.0 Å². The summed E-state index contributed by atoms with van der Waals surface area (Å²) in [7, 11) is 0. The van der Waals surface area contributed by atoms with Crippen molar-refractivity contribution in [3.05, 3.63) is 115 Å². The molecule has 5 nitrogen and oxygen atoms in total. The molecule has 0 amide bonds. The van der Waals surface area contributed by atoms with Gasteiger partial charge in [-0.3, -0.25) is 10.1 Å². The van der Waals surface area contributed by atoms with Gasteiger partial charge >= 0.3 is 0 Å². The van der Waals surface area contributed by atoms with Crippen molar-refractivity contribution in [3.63, 3.8) is 0 Å². The van der Waals surface area contributed by atoms with Crippen molar-refractivity contribution < 1.29 is 4.39 Å². The number of hydrogen-bond donors (Lipinski definition) is 3. The van der Waals surface area contributed by atoms with Crippen LogP contribution in [0.25, 0.3) is 50.0 Å². The zero-order chi connectivity index (χ0) is 25.9. The molecule has 0 unspecified atom stereocenters. The minimum Gasteiger partial charge on any atom is -0.359 e. The third kappa shape index (κ3) is 4.74. The molecule has 0 radical (unpaired) electrons. The first kappa shape index (κ1) is 24.0. The van der Waals surface area contributed by atoms with Gasteiger partial charge in [0.05, 0.1) is 16.9 Å². The first-order chi connectivity index (χ1) is 18.0. The number of nitrogens with zero attached hydrogens (tertiary/aromatic N) is 2. The molecule has 5 rings (SSSR count). The van der Waals surface area contributed by atoms with E-state index in [1.165, 1.54) is 12.1 Å². The first-order valence-electron chi connectivity index (χ1n) is 12.2. The number of hydrogen-bond acceptors (Lipinski definition) is 3. The molecular formula is C31H28FN5. The largest absolute Gasteiger partial charge is 0.359 e. The van der Waals surface area contributed by atoms with E-state index >= 15 is 0 Å². The smallest absolute Gasteiger partial charge is 0.123 e. The van der Waals surface area contributed by atoms with Crippen molar-refractivity contribution in [1.82, 2.24) is 25.5 Å². The summed E-state index contributed by atoms with van der Waals surface area (Å²) in [5.74, 6) is -0.291. The number of fused-ring (bicyclic) bond motifs is 2. The average molecular weight is 490 g/mol. The van der Waals surface area contributed by atoms with Gasteiger partial charge in [0.1, 0.15) is 11.5 Å². The van der Waals surface area contributed by atoms with Crippen LogP contribution >= 0.6 is 0 Å². The molecule has 2 aromatic carbocycles. The van der Waals surface area contributed by atoms with Gasteiger partial charge in [-0.2, -0.15) is 5.10 Å². The van der Waals surface area contributed by atoms with Crippen molar-refractivity contribution in [1.29, 1.82) is 0 Å². The zero-order valence-electron chi connectivity index (χ0n) is 20.9. The van der Waals surface area contributed by atoms with Crippen LogP contribution in [0.4, 0.5) is 4.39 Å². The van der Waals surface area contributed by atoms with E-state index in [0.717, 1.165) is 73.4 Å². The van der Waals surface area contributed by atoms with Crippen molar-refractivity contribution in [3.8, 4) is 22.6 Å². The van der Waals surface area contributed by atoms with Gasteiger partial charge in [0, 0.05) is 39.4 Å². The molecule has 3 heterocycles. The Bertz CT molecular complexity index is 1700. The first-order valence-corrected chi connectivity index (χ1v) is 12.2. The minimum absolute atomic E-state index is 0.291. The van der Waals surface area contributed by atoms with Crippen LogP contribution in [-0.4, -0.2) is 20.2 Å². The van der Waals surface area contributed by atoms with E-state index in [2.05, 4.69) is 69.8 Å². The van der Waals surface area contributed by atoms with Gasteiger partial charge in [0.15, 0.2) is 0 Å². The molecule has 0 aliphatic rings. The number of allylic oxidation sites excluding steroid dienone is 5. The lowest BCUT2D eigenvalue weighted by Gasteiger charge is -2.10. The molecule has 0 atom stereocenters. The summed E-state index contributed by atoms with van der Waals surface area (Å²) in [4.78, 5) is 8.01. The predicted molar refractivity (Wildman–Crippen MR) is 151 cm³/mol. The maximum absolute atomic E-state index is 13.9. The summed E-state index contributed by atoms with van der Waals surface area (Å²) in [5.41, 5.74) is 8.88. The monoisotopic (exact) mass is 489 g/mol. The summed E-state index contributed by atoms with van der Waals surface area (Å²) in [6.45, 7) is 12.0. The molecule has 0 saturated carbocycles. The van der Waals surface area contributed by atoms with Gasteiger partial charge in [-0.1, -0.05) is 44.4 Å². The normalized spacial score (nSPS) is 12.3. The van der Waals surface area contributed by atoms with Crippen LogP contribution in [0.15, 0.2) is 104 Å². The number of aromatic nitrogens is 4. The Labute approximate surface area is 215 Å². The maximum Gasteiger partial charge on any atom is 0.123 e. The number of benzene rings is 2. The molecule has 6 heteroatoms. The van der Waals surface area contributed by atoms with Crippen LogP contribution in [0.2, 0.25) is 0 Å². The van der Waals surface area contributed by atoms with E-state index < -0.39 is 0 Å².